The van der Waals surface area contributed by atoms with E-state index < -0.39 is 23.9 Å². The second kappa shape index (κ2) is 38.8. The van der Waals surface area contributed by atoms with E-state index in [1.54, 1.807) is 0 Å². The Hall–Kier alpha value is -2.41. The van der Waals surface area contributed by atoms with E-state index in [0.717, 1.165) is 128 Å². The minimum atomic E-state index is -1.16. The minimum absolute atomic E-state index is 0.0827. The van der Waals surface area contributed by atoms with E-state index in [-0.39, 0.29) is 44.4 Å². The molecule has 0 aliphatic rings. The molecule has 0 aliphatic carbocycles. The van der Waals surface area contributed by atoms with Crippen molar-refractivity contribution < 1.29 is 34.1 Å². The van der Waals surface area contributed by atoms with Gasteiger partial charge in [0.1, 0.15) is 13.2 Å². The van der Waals surface area contributed by atoms with Crippen molar-refractivity contribution in [2.75, 3.05) is 19.8 Å². The number of allylic oxidation sites excluding steroid dienone is 6. The number of aliphatic hydroxyl groups is 1. The lowest BCUT2D eigenvalue weighted by Gasteiger charge is -2.33. The maximum absolute atomic E-state index is 12.8. The number of unbranched alkanes of at least 4 members (excludes halogenated alkanes) is 20. The number of carbonyl (C=O) groups excluding carboxylic acids is 2. The van der Waals surface area contributed by atoms with Crippen LogP contribution in [-0.2, 0) is 23.9 Å². The zero-order valence-electron chi connectivity index (χ0n) is 35.3. The molecule has 0 aromatic rings. The van der Waals surface area contributed by atoms with Gasteiger partial charge in [0.25, 0.3) is 0 Å². The predicted molar refractivity (Wildman–Crippen MR) is 226 cm³/mol. The second-order valence-electron chi connectivity index (χ2n) is 15.7. The molecule has 1 unspecified atom stereocenters. The summed E-state index contributed by atoms with van der Waals surface area (Å²) < 4.78 is 11.4. The molecule has 0 amide bonds. The average Bonchev–Trinajstić information content (AvgIpc) is 3.17. The Bertz CT molecular complexity index is 921. The number of aliphatic carboxylic acids is 1. The molecule has 0 radical (unpaired) electrons. The Labute approximate surface area is 332 Å². The lowest BCUT2D eigenvalue weighted by atomic mass is 9.79. The molecule has 0 aromatic carbocycles. The van der Waals surface area contributed by atoms with Gasteiger partial charge in [-0.05, 0) is 83.5 Å². The molecule has 314 valence electrons. The van der Waals surface area contributed by atoms with Crippen LogP contribution >= 0.6 is 0 Å². The summed E-state index contributed by atoms with van der Waals surface area (Å²) in [6, 6.07) is 0. The van der Waals surface area contributed by atoms with Gasteiger partial charge in [-0.15, -0.1) is 0 Å². The molecule has 1 atom stereocenters. The normalized spacial score (nSPS) is 12.7. The van der Waals surface area contributed by atoms with Crippen molar-refractivity contribution in [1.82, 2.24) is 0 Å². The number of carbonyl (C=O) groups is 3. The summed E-state index contributed by atoms with van der Waals surface area (Å²) in [6.45, 7) is 5.85. The first kappa shape index (κ1) is 51.6. The summed E-state index contributed by atoms with van der Waals surface area (Å²) in [5, 5.41) is 20.8. The Kier molecular flexibility index (Phi) is 37.1. The van der Waals surface area contributed by atoms with E-state index in [4.69, 9.17) is 9.47 Å². The first-order valence-electron chi connectivity index (χ1n) is 22.4. The maximum atomic E-state index is 12.8. The first-order chi connectivity index (χ1) is 26.3. The van der Waals surface area contributed by atoms with E-state index in [9.17, 15) is 24.6 Å². The number of esters is 2. The molecule has 0 saturated heterocycles. The van der Waals surface area contributed by atoms with E-state index in [1.807, 2.05) is 0 Å². The highest BCUT2D eigenvalue weighted by Gasteiger charge is 2.38. The Morgan fingerprint density at radius 2 is 0.833 bits per heavy atom. The molecular formula is C47H84O7. The van der Waals surface area contributed by atoms with Gasteiger partial charge in [-0.25, -0.2) is 0 Å². The third-order valence-corrected chi connectivity index (χ3v) is 10.3. The quantitative estimate of drug-likeness (QED) is 0.0363. The lowest BCUT2D eigenvalue weighted by molar-refractivity contribution is -0.159. The molecule has 7 nitrogen and oxygen atoms in total. The number of hydrogen-bond donors (Lipinski definition) is 2. The van der Waals surface area contributed by atoms with Crippen LogP contribution in [0.25, 0.3) is 0 Å². The van der Waals surface area contributed by atoms with Gasteiger partial charge >= 0.3 is 17.9 Å². The molecule has 0 aliphatic heterocycles. The van der Waals surface area contributed by atoms with Gasteiger partial charge in [0, 0.05) is 12.8 Å². The van der Waals surface area contributed by atoms with Gasteiger partial charge in [-0.3, -0.25) is 14.4 Å². The molecule has 0 bridgehead atoms. The third kappa shape index (κ3) is 33.0. The zero-order chi connectivity index (χ0) is 39.8. The number of carboxylic acids is 1. The summed E-state index contributed by atoms with van der Waals surface area (Å²) in [6.07, 6.45) is 42.7. The van der Waals surface area contributed by atoms with Gasteiger partial charge in [-0.1, -0.05) is 154 Å². The largest absolute Gasteiger partial charge is 0.481 e. The molecule has 0 rings (SSSR count). The van der Waals surface area contributed by atoms with Gasteiger partial charge in [0.15, 0.2) is 0 Å². The van der Waals surface area contributed by atoms with Crippen molar-refractivity contribution in [2.45, 2.75) is 213 Å². The van der Waals surface area contributed by atoms with E-state index in [2.05, 4.69) is 57.2 Å². The standard InChI is InChI=1S/C47H84O7/c1-4-7-10-13-16-19-22-25-28-31-34-37-44(49)53-41-47(40-48,39-43(46(51)52)36-33-30-27-24-21-18-15-12-9-6-3)42-54-45(50)38-35-32-29-26-23-20-17-14-11-8-5-2/h13-18,43,48H,4-12,19-42H2,1-3H3,(H,51,52)/b16-13-,17-14-,18-15-. The van der Waals surface area contributed by atoms with E-state index in [0.29, 0.717) is 6.42 Å². The van der Waals surface area contributed by atoms with Crippen LogP contribution < -0.4 is 0 Å². The number of hydrogen-bond acceptors (Lipinski definition) is 6. The van der Waals surface area contributed by atoms with Crippen molar-refractivity contribution >= 4 is 17.9 Å². The maximum Gasteiger partial charge on any atom is 0.306 e. The molecule has 0 aromatic heterocycles. The number of ether oxygens (including phenoxy) is 2. The van der Waals surface area contributed by atoms with Crippen LogP contribution in [0.2, 0.25) is 0 Å². The fraction of sp³-hybridized carbons (Fsp3) is 0.809. The molecule has 0 fully saturated rings. The smallest absolute Gasteiger partial charge is 0.306 e. The van der Waals surface area contributed by atoms with Crippen LogP contribution in [0.5, 0.6) is 0 Å². The zero-order valence-corrected chi connectivity index (χ0v) is 35.3. The topological polar surface area (TPSA) is 110 Å². The molecule has 0 heterocycles. The fourth-order valence-electron chi connectivity index (χ4n) is 6.57. The van der Waals surface area contributed by atoms with Crippen molar-refractivity contribution in [3.05, 3.63) is 36.5 Å². The van der Waals surface area contributed by atoms with E-state index in [1.165, 1.54) is 38.5 Å². The highest BCUT2D eigenvalue weighted by Crippen LogP contribution is 2.31. The van der Waals surface area contributed by atoms with Crippen LogP contribution in [0.3, 0.4) is 0 Å². The molecular weight excluding hydrogens is 677 g/mol. The monoisotopic (exact) mass is 761 g/mol. The second-order valence-corrected chi connectivity index (χ2v) is 15.7. The Morgan fingerprint density at radius 3 is 1.19 bits per heavy atom. The summed E-state index contributed by atoms with van der Waals surface area (Å²) in [4.78, 5) is 38.0. The number of aliphatic hydroxyl groups excluding tert-OH is 1. The highest BCUT2D eigenvalue weighted by molar-refractivity contribution is 5.71. The van der Waals surface area contributed by atoms with Crippen LogP contribution in [0.1, 0.15) is 213 Å². The van der Waals surface area contributed by atoms with Crippen LogP contribution in [0.15, 0.2) is 36.5 Å². The van der Waals surface area contributed by atoms with Gasteiger partial charge in [-0.2, -0.15) is 0 Å². The number of rotatable bonds is 40. The first-order valence-corrected chi connectivity index (χ1v) is 22.4. The summed E-state index contributed by atoms with van der Waals surface area (Å²) in [7, 11) is 0. The van der Waals surface area contributed by atoms with E-state index >= 15 is 0 Å². The molecule has 54 heavy (non-hydrogen) atoms. The van der Waals surface area contributed by atoms with Crippen LogP contribution in [0, 0.1) is 11.3 Å². The average molecular weight is 761 g/mol. The molecule has 0 saturated carbocycles. The summed E-state index contributed by atoms with van der Waals surface area (Å²) >= 11 is 0. The minimum Gasteiger partial charge on any atom is -0.481 e. The van der Waals surface area contributed by atoms with Crippen molar-refractivity contribution in [3.63, 3.8) is 0 Å². The summed E-state index contributed by atoms with van der Waals surface area (Å²) in [5.41, 5.74) is -1.16. The van der Waals surface area contributed by atoms with Gasteiger partial charge in [0.2, 0.25) is 0 Å². The molecule has 2 N–H and O–H groups in total. The lowest BCUT2D eigenvalue weighted by Crippen LogP contribution is -2.41. The van der Waals surface area contributed by atoms with Gasteiger partial charge in [0.05, 0.1) is 17.9 Å². The predicted octanol–water partition coefficient (Wildman–Crippen LogP) is 13.2. The molecule has 7 heteroatoms. The van der Waals surface area contributed by atoms with Crippen molar-refractivity contribution in [2.24, 2.45) is 11.3 Å². The fourth-order valence-corrected chi connectivity index (χ4v) is 6.57. The Morgan fingerprint density at radius 1 is 0.500 bits per heavy atom. The van der Waals surface area contributed by atoms with Crippen LogP contribution in [0.4, 0.5) is 0 Å². The third-order valence-electron chi connectivity index (χ3n) is 10.3. The van der Waals surface area contributed by atoms with Crippen molar-refractivity contribution in [3.8, 4) is 0 Å². The Balaban J connectivity index is 4.96. The molecule has 0 spiro atoms. The SMILES string of the molecule is CCCC/C=C\CCCCCCCC(=O)OCC(CO)(COC(=O)CCCCCCC/C=C\CCCC)CC(CCCCCC/C=C\CCCC)C(=O)O. The van der Waals surface area contributed by atoms with Crippen molar-refractivity contribution in [1.29, 1.82) is 0 Å². The highest BCUT2D eigenvalue weighted by atomic mass is 16.5. The summed E-state index contributed by atoms with van der Waals surface area (Å²) in [5.74, 6) is -2.38. The van der Waals surface area contributed by atoms with Crippen LogP contribution in [-0.4, -0.2) is 47.9 Å². The van der Waals surface area contributed by atoms with Gasteiger partial charge < -0.3 is 19.7 Å². The number of carboxylic acid groups (broad SMARTS) is 1.